The van der Waals surface area contributed by atoms with E-state index in [-0.39, 0.29) is 23.4 Å². The van der Waals surface area contributed by atoms with E-state index in [4.69, 9.17) is 4.74 Å². The zero-order valence-electron chi connectivity index (χ0n) is 18.4. The number of methoxy groups -OCH3 is 1. The zero-order chi connectivity index (χ0) is 22.8. The van der Waals surface area contributed by atoms with Gasteiger partial charge in [-0.25, -0.2) is 14.4 Å². The molecule has 3 aromatic heterocycles. The topological polar surface area (TPSA) is 111 Å². The summed E-state index contributed by atoms with van der Waals surface area (Å²) in [5.41, 5.74) is 1.88. The lowest BCUT2D eigenvalue weighted by Crippen LogP contribution is -2.34. The van der Waals surface area contributed by atoms with Crippen LogP contribution in [0.4, 0.5) is 10.2 Å². The number of hydrogen-bond donors (Lipinski definition) is 1. The highest BCUT2D eigenvalue weighted by Gasteiger charge is 2.31. The molecule has 1 aliphatic heterocycles. The molecule has 1 amide bonds. The molecule has 0 aliphatic carbocycles. The molecule has 4 rings (SSSR count). The summed E-state index contributed by atoms with van der Waals surface area (Å²) in [6, 6.07) is 5.30. The van der Waals surface area contributed by atoms with E-state index < -0.39 is 11.7 Å². The number of ether oxygens (including phenoxy) is 1. The molecule has 10 nitrogen and oxygen atoms in total. The standard InChI is InChI=1S/C21H25FN8O2/c1-12(16-9-19(32-4)23-10-17(16)22)21(31)30-8-7-14(11-30)25-18-6-5-15(13(2)24-18)20-26-28-29(3)27-20/h5-6,9-10,12,14H,7-8,11H2,1-4H3,(H,24,25)/t12-,14+/m1/s1. The molecule has 2 atom stereocenters. The highest BCUT2D eigenvalue weighted by Crippen LogP contribution is 2.26. The van der Waals surface area contributed by atoms with Gasteiger partial charge in [-0.05, 0) is 37.6 Å². The summed E-state index contributed by atoms with van der Waals surface area (Å²) in [4.78, 5) is 24.6. The molecule has 3 aromatic rings. The van der Waals surface area contributed by atoms with Crippen LogP contribution in [-0.4, -0.2) is 67.2 Å². The smallest absolute Gasteiger partial charge is 0.230 e. The number of nitrogens with one attached hydrogen (secondary N) is 1. The van der Waals surface area contributed by atoms with Crippen LogP contribution in [0.1, 0.15) is 30.5 Å². The number of tetrazole rings is 1. The van der Waals surface area contributed by atoms with E-state index in [2.05, 4.69) is 30.7 Å². The van der Waals surface area contributed by atoms with E-state index in [9.17, 15) is 9.18 Å². The Labute approximate surface area is 184 Å². The van der Waals surface area contributed by atoms with Crippen LogP contribution in [-0.2, 0) is 11.8 Å². The lowest BCUT2D eigenvalue weighted by atomic mass is 10.0. The molecule has 1 saturated heterocycles. The minimum Gasteiger partial charge on any atom is -0.481 e. The van der Waals surface area contributed by atoms with E-state index in [1.54, 1.807) is 18.9 Å². The Morgan fingerprint density at radius 3 is 2.88 bits per heavy atom. The van der Waals surface area contributed by atoms with E-state index in [1.807, 2.05) is 19.1 Å². The molecule has 1 N–H and O–H groups in total. The van der Waals surface area contributed by atoms with Crippen molar-refractivity contribution in [3.8, 4) is 17.3 Å². The molecule has 0 spiro atoms. The van der Waals surface area contributed by atoms with Crippen molar-refractivity contribution in [2.24, 2.45) is 7.05 Å². The fourth-order valence-corrected chi connectivity index (χ4v) is 3.84. The lowest BCUT2D eigenvalue weighted by Gasteiger charge is -2.22. The van der Waals surface area contributed by atoms with Crippen molar-refractivity contribution in [3.05, 3.63) is 41.5 Å². The van der Waals surface area contributed by atoms with E-state index in [1.165, 1.54) is 18.0 Å². The molecule has 0 unspecified atom stereocenters. The van der Waals surface area contributed by atoms with Crippen molar-refractivity contribution in [1.29, 1.82) is 0 Å². The first-order valence-electron chi connectivity index (χ1n) is 10.3. The van der Waals surface area contributed by atoms with Crippen LogP contribution >= 0.6 is 0 Å². The largest absolute Gasteiger partial charge is 0.481 e. The molecule has 1 aliphatic rings. The molecule has 0 radical (unpaired) electrons. The number of aromatic nitrogens is 6. The Bertz CT molecular complexity index is 1130. The number of hydrogen-bond acceptors (Lipinski definition) is 8. The van der Waals surface area contributed by atoms with Crippen molar-refractivity contribution in [1.82, 2.24) is 35.1 Å². The fourth-order valence-electron chi connectivity index (χ4n) is 3.84. The number of anilines is 1. The quantitative estimate of drug-likeness (QED) is 0.619. The summed E-state index contributed by atoms with van der Waals surface area (Å²) in [5, 5.41) is 15.5. The summed E-state index contributed by atoms with van der Waals surface area (Å²) in [6.45, 7) is 4.69. The molecule has 0 bridgehead atoms. The van der Waals surface area contributed by atoms with Gasteiger partial charge in [-0.1, -0.05) is 0 Å². The van der Waals surface area contributed by atoms with Gasteiger partial charge in [-0.3, -0.25) is 4.79 Å². The molecule has 11 heteroatoms. The SMILES string of the molecule is COc1cc([C@@H](C)C(=O)N2CC[C@H](Nc3ccc(-c4nnn(C)n4)c(C)n3)C2)c(F)cn1. The Morgan fingerprint density at radius 2 is 2.19 bits per heavy atom. The number of carbonyl (C=O) groups is 1. The molecule has 168 valence electrons. The van der Waals surface area contributed by atoms with Crippen LogP contribution < -0.4 is 10.1 Å². The second kappa shape index (κ2) is 8.85. The van der Waals surface area contributed by atoms with Gasteiger partial charge in [0.05, 0.1) is 32.0 Å². The number of rotatable bonds is 6. The monoisotopic (exact) mass is 440 g/mol. The molecule has 4 heterocycles. The number of aryl methyl sites for hydroxylation is 2. The van der Waals surface area contributed by atoms with Gasteiger partial charge >= 0.3 is 0 Å². The molecular weight excluding hydrogens is 415 g/mol. The third kappa shape index (κ3) is 4.36. The van der Waals surface area contributed by atoms with Crippen LogP contribution in [0.2, 0.25) is 0 Å². The van der Waals surface area contributed by atoms with Crippen LogP contribution in [0.5, 0.6) is 5.88 Å². The van der Waals surface area contributed by atoms with Crippen LogP contribution in [0.15, 0.2) is 24.4 Å². The maximum absolute atomic E-state index is 14.2. The summed E-state index contributed by atoms with van der Waals surface area (Å²) in [5.74, 6) is 0.240. The first-order chi connectivity index (χ1) is 15.4. The predicted molar refractivity (Wildman–Crippen MR) is 115 cm³/mol. The number of amides is 1. The van der Waals surface area contributed by atoms with E-state index >= 15 is 0 Å². The minimum atomic E-state index is -0.634. The summed E-state index contributed by atoms with van der Waals surface area (Å²) in [6.07, 6.45) is 1.86. The molecule has 1 fully saturated rings. The maximum Gasteiger partial charge on any atom is 0.230 e. The Kier molecular flexibility index (Phi) is 5.97. The molecule has 0 aromatic carbocycles. The highest BCUT2D eigenvalue weighted by molar-refractivity contribution is 5.83. The first kappa shape index (κ1) is 21.6. The van der Waals surface area contributed by atoms with Gasteiger partial charge in [0.25, 0.3) is 0 Å². The van der Waals surface area contributed by atoms with Crippen LogP contribution in [0.25, 0.3) is 11.4 Å². The third-order valence-corrected chi connectivity index (χ3v) is 5.59. The molecule has 0 saturated carbocycles. The van der Waals surface area contributed by atoms with E-state index in [0.29, 0.717) is 24.7 Å². The number of likely N-dealkylation sites (tertiary alicyclic amines) is 1. The lowest BCUT2D eigenvalue weighted by molar-refractivity contribution is -0.131. The minimum absolute atomic E-state index is 0.0513. The number of halogens is 1. The van der Waals surface area contributed by atoms with Gasteiger partial charge in [-0.2, -0.15) is 4.80 Å². The summed E-state index contributed by atoms with van der Waals surface area (Å²) < 4.78 is 19.3. The van der Waals surface area contributed by atoms with Gasteiger partial charge in [0.1, 0.15) is 11.6 Å². The predicted octanol–water partition coefficient (Wildman–Crippen LogP) is 1.94. The number of pyridine rings is 2. The summed E-state index contributed by atoms with van der Waals surface area (Å²) >= 11 is 0. The van der Waals surface area contributed by atoms with Crippen molar-refractivity contribution >= 4 is 11.7 Å². The Morgan fingerprint density at radius 1 is 1.38 bits per heavy atom. The molecule has 32 heavy (non-hydrogen) atoms. The third-order valence-electron chi connectivity index (χ3n) is 5.59. The Balaban J connectivity index is 1.40. The summed E-state index contributed by atoms with van der Waals surface area (Å²) in [7, 11) is 3.17. The van der Waals surface area contributed by atoms with Gasteiger partial charge in [0.15, 0.2) is 0 Å². The van der Waals surface area contributed by atoms with Gasteiger partial charge < -0.3 is 15.0 Å². The van der Waals surface area contributed by atoms with Gasteiger partial charge in [0.2, 0.25) is 17.6 Å². The van der Waals surface area contributed by atoms with Crippen molar-refractivity contribution in [2.75, 3.05) is 25.5 Å². The molecular formula is C21H25FN8O2. The van der Waals surface area contributed by atoms with Gasteiger partial charge in [0, 0.05) is 36.3 Å². The average molecular weight is 440 g/mol. The average Bonchev–Trinajstić information content (AvgIpc) is 3.42. The van der Waals surface area contributed by atoms with E-state index in [0.717, 1.165) is 23.9 Å². The van der Waals surface area contributed by atoms with Gasteiger partial charge in [-0.15, -0.1) is 10.2 Å². The van der Waals surface area contributed by atoms with Crippen LogP contribution in [0, 0.1) is 12.7 Å². The highest BCUT2D eigenvalue weighted by atomic mass is 19.1. The first-order valence-corrected chi connectivity index (χ1v) is 10.3. The normalized spacial score (nSPS) is 16.8. The van der Waals surface area contributed by atoms with Crippen molar-refractivity contribution in [3.63, 3.8) is 0 Å². The number of nitrogens with zero attached hydrogens (tertiary/aromatic N) is 7. The second-order valence-electron chi connectivity index (χ2n) is 7.82. The maximum atomic E-state index is 14.2. The number of carbonyl (C=O) groups excluding carboxylic acids is 1. The second-order valence-corrected chi connectivity index (χ2v) is 7.82. The fraction of sp³-hybridized carbons (Fsp3) is 0.429. The zero-order valence-corrected chi connectivity index (χ0v) is 18.4. The van der Waals surface area contributed by atoms with Crippen molar-refractivity contribution in [2.45, 2.75) is 32.2 Å². The van der Waals surface area contributed by atoms with Crippen molar-refractivity contribution < 1.29 is 13.9 Å². The van der Waals surface area contributed by atoms with Crippen LogP contribution in [0.3, 0.4) is 0 Å². The Hall–Kier alpha value is -3.63.